The van der Waals surface area contributed by atoms with Crippen molar-refractivity contribution in [3.05, 3.63) is 132 Å². The predicted molar refractivity (Wildman–Crippen MR) is 177 cm³/mol. The molecule has 0 bridgehead atoms. The van der Waals surface area contributed by atoms with Gasteiger partial charge in [0, 0.05) is 49.8 Å². The molecule has 0 atom stereocenters. The summed E-state index contributed by atoms with van der Waals surface area (Å²) in [6, 6.07) is 44.7. The summed E-state index contributed by atoms with van der Waals surface area (Å²) in [5.74, 6) is 0. The summed E-state index contributed by atoms with van der Waals surface area (Å²) in [5, 5.41) is 34.7. The third-order valence-corrected chi connectivity index (χ3v) is 8.76. The van der Waals surface area contributed by atoms with Gasteiger partial charge in [0.2, 0.25) is 0 Å². The lowest BCUT2D eigenvalue weighted by atomic mass is 10.1. The van der Waals surface area contributed by atoms with Crippen LogP contribution in [0.3, 0.4) is 0 Å². The Kier molecular flexibility index (Phi) is 5.00. The maximum absolute atomic E-state index is 9.61. The van der Waals surface area contributed by atoms with Gasteiger partial charge < -0.3 is 13.6 Å². The summed E-state index contributed by atoms with van der Waals surface area (Å²) in [6.45, 7) is 0. The fourth-order valence-electron chi connectivity index (χ4n) is 6.80. The molecule has 0 amide bonds. The molecule has 3 heterocycles. The smallest absolute Gasteiger partial charge is 0.137 e. The van der Waals surface area contributed by atoms with Gasteiger partial charge in [-0.1, -0.05) is 24.3 Å². The molecule has 206 valence electrons. The zero-order valence-corrected chi connectivity index (χ0v) is 23.6. The normalized spacial score (nSPS) is 11.5. The van der Waals surface area contributed by atoms with Gasteiger partial charge in [-0.25, -0.2) is 0 Å². The summed E-state index contributed by atoms with van der Waals surface area (Å²) in [4.78, 5) is 0. The van der Waals surface area contributed by atoms with Crippen LogP contribution in [0, 0.1) is 34.0 Å². The molecule has 45 heavy (non-hydrogen) atoms. The molecule has 3 aromatic heterocycles. The molecule has 0 aliphatic rings. The number of para-hydroxylation sites is 1. The van der Waals surface area contributed by atoms with Crippen molar-refractivity contribution >= 4 is 65.6 Å². The lowest BCUT2D eigenvalue weighted by Gasteiger charge is -2.13. The van der Waals surface area contributed by atoms with Crippen molar-refractivity contribution < 1.29 is 4.42 Å². The molecule has 6 aromatic carbocycles. The minimum absolute atomic E-state index is 0.573. The van der Waals surface area contributed by atoms with E-state index in [-0.39, 0.29) is 0 Å². The average Bonchev–Trinajstić information content (AvgIpc) is 3.73. The molecule has 0 unspecified atom stereocenters. The van der Waals surface area contributed by atoms with Gasteiger partial charge in [-0.2, -0.15) is 15.8 Å². The van der Waals surface area contributed by atoms with Crippen LogP contribution < -0.4 is 0 Å². The topological polar surface area (TPSA) is 94.4 Å². The van der Waals surface area contributed by atoms with Crippen molar-refractivity contribution in [2.45, 2.75) is 0 Å². The Hall–Kier alpha value is -6.81. The first-order valence-electron chi connectivity index (χ1n) is 14.4. The van der Waals surface area contributed by atoms with Crippen LogP contribution >= 0.6 is 0 Å². The van der Waals surface area contributed by atoms with Gasteiger partial charge in [0.25, 0.3) is 0 Å². The molecule has 0 spiro atoms. The molecule has 9 aromatic rings. The van der Waals surface area contributed by atoms with Crippen LogP contribution in [0.15, 0.2) is 120 Å². The minimum Gasteiger partial charge on any atom is -0.456 e. The van der Waals surface area contributed by atoms with Crippen LogP contribution in [-0.4, -0.2) is 9.13 Å². The van der Waals surface area contributed by atoms with Crippen molar-refractivity contribution in [1.29, 1.82) is 15.8 Å². The maximum Gasteiger partial charge on any atom is 0.137 e. The van der Waals surface area contributed by atoms with E-state index in [1.807, 2.05) is 54.6 Å². The van der Waals surface area contributed by atoms with Crippen molar-refractivity contribution in [1.82, 2.24) is 9.13 Å². The first-order chi connectivity index (χ1) is 22.1. The van der Waals surface area contributed by atoms with E-state index < -0.39 is 0 Å². The Morgan fingerprint density at radius 3 is 1.60 bits per heavy atom. The monoisotopic (exact) mass is 573 g/mol. The van der Waals surface area contributed by atoms with Gasteiger partial charge in [0.1, 0.15) is 11.2 Å². The fraction of sp³-hybridized carbons (Fsp3) is 0. The van der Waals surface area contributed by atoms with E-state index in [1.54, 1.807) is 6.07 Å². The summed E-state index contributed by atoms with van der Waals surface area (Å²) in [7, 11) is 0. The third-order valence-electron chi connectivity index (χ3n) is 8.76. The van der Waals surface area contributed by atoms with E-state index >= 15 is 0 Å². The molecule has 0 saturated heterocycles. The molecule has 9 rings (SSSR count). The highest BCUT2D eigenvalue weighted by Gasteiger charge is 2.18. The highest BCUT2D eigenvalue weighted by atomic mass is 16.3. The van der Waals surface area contributed by atoms with Crippen LogP contribution in [0.4, 0.5) is 0 Å². The Morgan fingerprint density at radius 2 is 0.933 bits per heavy atom. The zero-order chi connectivity index (χ0) is 30.2. The van der Waals surface area contributed by atoms with Crippen LogP contribution in [0.2, 0.25) is 0 Å². The number of furan rings is 1. The van der Waals surface area contributed by atoms with Crippen LogP contribution in [0.1, 0.15) is 16.7 Å². The number of hydrogen-bond acceptors (Lipinski definition) is 4. The SMILES string of the molecule is N#Cc1ccc2oc3cc4c(cc3c2c1)c1ccccc1n4-c1cccc(-n2c3ccc(C#N)cc3c3cc(C#N)ccc32)c1. The largest absolute Gasteiger partial charge is 0.456 e. The maximum atomic E-state index is 9.61. The third kappa shape index (κ3) is 3.47. The number of nitriles is 3. The van der Waals surface area contributed by atoms with Gasteiger partial charge in [-0.15, -0.1) is 0 Å². The van der Waals surface area contributed by atoms with Crippen molar-refractivity contribution in [3.8, 4) is 29.6 Å². The van der Waals surface area contributed by atoms with E-state index in [0.717, 1.165) is 76.9 Å². The number of fused-ring (bicyclic) bond motifs is 9. The number of aromatic nitrogens is 2. The fourth-order valence-corrected chi connectivity index (χ4v) is 6.80. The summed E-state index contributed by atoms with van der Waals surface area (Å²) < 4.78 is 10.7. The van der Waals surface area contributed by atoms with Crippen LogP contribution in [0.25, 0.3) is 76.9 Å². The molecule has 6 heteroatoms. The van der Waals surface area contributed by atoms with Crippen molar-refractivity contribution in [2.24, 2.45) is 0 Å². The number of hydrogen-bond donors (Lipinski definition) is 0. The molecule has 6 nitrogen and oxygen atoms in total. The first kappa shape index (κ1) is 24.8. The molecule has 0 fully saturated rings. The number of nitrogens with zero attached hydrogens (tertiary/aromatic N) is 5. The highest BCUT2D eigenvalue weighted by Crippen LogP contribution is 2.39. The lowest BCUT2D eigenvalue weighted by Crippen LogP contribution is -1.98. The Bertz CT molecular complexity index is 2790. The number of benzene rings is 6. The predicted octanol–water partition coefficient (Wildman–Crippen LogP) is 9.40. The second kappa shape index (κ2) is 9.09. The van der Waals surface area contributed by atoms with E-state index in [1.165, 1.54) is 0 Å². The standard InChI is InChI=1S/C39H19N5O/c40-20-23-8-11-35-29(14-23)30-15-24(21-41)9-12-36(30)43(35)26-4-3-5-27(17-26)44-34-7-2-1-6-28(34)31-18-33-32-16-25(22-42)10-13-38(32)45-39(33)19-37(31)44/h1-19H. The van der Waals surface area contributed by atoms with Gasteiger partial charge in [0.15, 0.2) is 0 Å². The second-order valence-corrected chi connectivity index (χ2v) is 11.2. The zero-order valence-electron chi connectivity index (χ0n) is 23.6. The first-order valence-corrected chi connectivity index (χ1v) is 14.4. The van der Waals surface area contributed by atoms with Crippen molar-refractivity contribution in [2.75, 3.05) is 0 Å². The highest BCUT2D eigenvalue weighted by molar-refractivity contribution is 6.17. The molecule has 0 N–H and O–H groups in total. The van der Waals surface area contributed by atoms with Gasteiger partial charge >= 0.3 is 0 Å². The van der Waals surface area contributed by atoms with Gasteiger partial charge in [-0.05, 0) is 84.9 Å². The molecule has 0 aliphatic carbocycles. The Balaban J connectivity index is 1.33. The summed E-state index contributed by atoms with van der Waals surface area (Å²) in [5.41, 5.74) is 9.20. The van der Waals surface area contributed by atoms with Crippen LogP contribution in [0.5, 0.6) is 0 Å². The van der Waals surface area contributed by atoms with E-state index in [2.05, 4.69) is 81.9 Å². The quantitative estimate of drug-likeness (QED) is 0.206. The van der Waals surface area contributed by atoms with E-state index in [0.29, 0.717) is 16.7 Å². The van der Waals surface area contributed by atoms with Gasteiger partial charge in [0.05, 0.1) is 57.0 Å². The lowest BCUT2D eigenvalue weighted by molar-refractivity contribution is 0.669. The molecule has 0 saturated carbocycles. The molecular formula is C39H19N5O. The number of rotatable bonds is 2. The minimum atomic E-state index is 0.573. The molecule has 0 radical (unpaired) electrons. The van der Waals surface area contributed by atoms with E-state index in [4.69, 9.17) is 4.42 Å². The summed E-state index contributed by atoms with van der Waals surface area (Å²) >= 11 is 0. The second-order valence-electron chi connectivity index (χ2n) is 11.2. The Labute approximate surface area is 256 Å². The van der Waals surface area contributed by atoms with Crippen LogP contribution in [-0.2, 0) is 0 Å². The molecule has 0 aliphatic heterocycles. The van der Waals surface area contributed by atoms with Crippen molar-refractivity contribution in [3.63, 3.8) is 0 Å². The Morgan fingerprint density at radius 1 is 0.400 bits per heavy atom. The van der Waals surface area contributed by atoms with E-state index in [9.17, 15) is 15.8 Å². The average molecular weight is 574 g/mol. The summed E-state index contributed by atoms with van der Waals surface area (Å²) in [6.07, 6.45) is 0. The van der Waals surface area contributed by atoms with Gasteiger partial charge in [-0.3, -0.25) is 0 Å². The molecular weight excluding hydrogens is 554 g/mol.